The van der Waals surface area contributed by atoms with E-state index in [0.29, 0.717) is 28.9 Å². The van der Waals surface area contributed by atoms with Crippen LogP contribution in [0.2, 0.25) is 0 Å². The summed E-state index contributed by atoms with van der Waals surface area (Å²) in [6, 6.07) is 6.37. The summed E-state index contributed by atoms with van der Waals surface area (Å²) < 4.78 is 9.71. The first kappa shape index (κ1) is 21.9. The fourth-order valence-corrected chi connectivity index (χ4v) is 3.59. The molecule has 0 unspecified atom stereocenters. The highest BCUT2D eigenvalue weighted by Gasteiger charge is 2.20. The highest BCUT2D eigenvalue weighted by atomic mass is 16.3. The number of hydrogen-bond acceptors (Lipinski definition) is 9. The van der Waals surface area contributed by atoms with Gasteiger partial charge in [0.15, 0.2) is 23.0 Å². The van der Waals surface area contributed by atoms with Gasteiger partial charge in [-0.3, -0.25) is 18.8 Å². The van der Waals surface area contributed by atoms with Crippen molar-refractivity contribution < 1.29 is 9.21 Å². The zero-order chi connectivity index (χ0) is 24.5. The first-order chi connectivity index (χ1) is 16.9. The Balaban J connectivity index is 1.49. The van der Waals surface area contributed by atoms with Gasteiger partial charge in [-0.15, -0.1) is 5.10 Å². The number of carbonyl (C=O) groups is 1. The monoisotopic (exact) mass is 474 g/mol. The Hall–Kier alpha value is -4.94. The Morgan fingerprint density at radius 2 is 2.00 bits per heavy atom. The Morgan fingerprint density at radius 1 is 1.14 bits per heavy atom. The molecular weight excluding hydrogens is 452 g/mol. The topological polar surface area (TPSA) is 149 Å². The van der Waals surface area contributed by atoms with Crippen LogP contribution in [0.15, 0.2) is 64.5 Å². The van der Waals surface area contributed by atoms with Gasteiger partial charge in [-0.1, -0.05) is 0 Å². The highest BCUT2D eigenvalue weighted by Crippen LogP contribution is 2.22. The zero-order valence-corrected chi connectivity index (χ0v) is 19.1. The van der Waals surface area contributed by atoms with E-state index in [2.05, 4.69) is 36.1 Å². The van der Waals surface area contributed by atoms with E-state index in [1.807, 2.05) is 0 Å². The molecular formula is C22H22N10O3. The van der Waals surface area contributed by atoms with Gasteiger partial charge in [-0.05, 0) is 19.1 Å². The van der Waals surface area contributed by atoms with E-state index < -0.39 is 11.9 Å². The number of amides is 1. The first-order valence-electron chi connectivity index (χ1n) is 10.7. The molecule has 5 rings (SSSR count). The normalized spacial score (nSPS) is 12.0. The van der Waals surface area contributed by atoms with Crippen LogP contribution in [-0.4, -0.2) is 46.9 Å². The summed E-state index contributed by atoms with van der Waals surface area (Å²) >= 11 is 0. The van der Waals surface area contributed by atoms with E-state index in [1.54, 1.807) is 62.4 Å². The van der Waals surface area contributed by atoms with Gasteiger partial charge in [0.2, 0.25) is 5.89 Å². The molecule has 3 N–H and O–H groups in total. The molecule has 0 saturated carbocycles. The van der Waals surface area contributed by atoms with Gasteiger partial charge >= 0.3 is 0 Å². The molecule has 0 aliphatic carbocycles. The van der Waals surface area contributed by atoms with Crippen molar-refractivity contribution in [2.24, 2.45) is 7.05 Å². The van der Waals surface area contributed by atoms with Gasteiger partial charge in [0, 0.05) is 38.6 Å². The molecule has 5 aromatic heterocycles. The van der Waals surface area contributed by atoms with Crippen molar-refractivity contribution in [3.8, 4) is 5.82 Å². The van der Waals surface area contributed by atoms with Crippen LogP contribution in [0.3, 0.4) is 0 Å². The Morgan fingerprint density at radius 3 is 2.71 bits per heavy atom. The lowest BCUT2D eigenvalue weighted by molar-refractivity contribution is 0.0927. The maximum absolute atomic E-state index is 13.1. The van der Waals surface area contributed by atoms with Crippen LogP contribution in [0.25, 0.3) is 11.5 Å². The third kappa shape index (κ3) is 4.10. The van der Waals surface area contributed by atoms with Gasteiger partial charge in [-0.25, -0.2) is 14.5 Å². The van der Waals surface area contributed by atoms with Crippen LogP contribution in [0.1, 0.15) is 29.3 Å². The van der Waals surface area contributed by atoms with Crippen molar-refractivity contribution in [1.82, 2.24) is 39.2 Å². The second-order valence-electron chi connectivity index (χ2n) is 7.71. The van der Waals surface area contributed by atoms with E-state index >= 15 is 0 Å². The van der Waals surface area contributed by atoms with Crippen LogP contribution in [0.5, 0.6) is 0 Å². The van der Waals surface area contributed by atoms with E-state index in [0.717, 1.165) is 0 Å². The minimum atomic E-state index is -0.456. The molecule has 35 heavy (non-hydrogen) atoms. The van der Waals surface area contributed by atoms with Gasteiger partial charge in [0.05, 0.1) is 18.1 Å². The van der Waals surface area contributed by atoms with Gasteiger partial charge in [0.25, 0.3) is 11.5 Å². The molecule has 178 valence electrons. The first-order valence-corrected chi connectivity index (χ1v) is 10.7. The number of aryl methyl sites for hydroxylation is 1. The average Bonchev–Trinajstić information content (AvgIpc) is 3.61. The number of oxazole rings is 1. The number of aromatic nitrogens is 7. The number of nitrogens with one attached hydrogen (secondary N) is 3. The number of hydrogen-bond donors (Lipinski definition) is 3. The lowest BCUT2D eigenvalue weighted by atomic mass is 10.3. The van der Waals surface area contributed by atoms with Crippen molar-refractivity contribution in [3.63, 3.8) is 0 Å². The molecule has 13 nitrogen and oxygen atoms in total. The third-order valence-corrected chi connectivity index (χ3v) is 5.30. The maximum Gasteiger partial charge on any atom is 0.280 e. The second-order valence-corrected chi connectivity index (χ2v) is 7.71. The fraction of sp³-hybridized carbons (Fsp3) is 0.182. The minimum Gasteiger partial charge on any atom is -0.447 e. The molecule has 0 saturated heterocycles. The zero-order valence-electron chi connectivity index (χ0n) is 19.1. The second kappa shape index (κ2) is 8.78. The van der Waals surface area contributed by atoms with E-state index in [9.17, 15) is 9.59 Å². The summed E-state index contributed by atoms with van der Waals surface area (Å²) in [4.78, 5) is 34.4. The summed E-state index contributed by atoms with van der Waals surface area (Å²) in [5.74, 6) is 0.804. The van der Waals surface area contributed by atoms with Crippen molar-refractivity contribution in [1.29, 1.82) is 0 Å². The van der Waals surface area contributed by atoms with E-state index in [-0.39, 0.29) is 16.9 Å². The Labute approximate surface area is 198 Å². The van der Waals surface area contributed by atoms with Gasteiger partial charge < -0.3 is 20.4 Å². The van der Waals surface area contributed by atoms with Gasteiger partial charge in [0.1, 0.15) is 18.0 Å². The number of rotatable bonds is 7. The molecule has 0 spiro atoms. The van der Waals surface area contributed by atoms with Crippen molar-refractivity contribution >= 4 is 28.7 Å². The predicted octanol–water partition coefficient (Wildman–Crippen LogP) is 1.88. The molecule has 0 bridgehead atoms. The predicted molar refractivity (Wildman–Crippen MR) is 127 cm³/mol. The fourth-order valence-electron chi connectivity index (χ4n) is 3.59. The Kier molecular flexibility index (Phi) is 5.49. The minimum absolute atomic E-state index is 0.206. The molecule has 0 aliphatic heterocycles. The SMILES string of the molecule is CNc1cc(Nc2cccn(-c3ccn(C)n3)c2=O)nn2c(C(=O)N[C@H](C)c3ncco3)cnc12. The summed E-state index contributed by atoms with van der Waals surface area (Å²) in [6.07, 6.45) is 7.78. The van der Waals surface area contributed by atoms with E-state index in [1.165, 1.54) is 27.7 Å². The molecule has 0 radical (unpaired) electrons. The summed E-state index contributed by atoms with van der Waals surface area (Å²) in [5.41, 5.74) is 1.25. The number of carbonyl (C=O) groups excluding carboxylic acids is 1. The smallest absolute Gasteiger partial charge is 0.280 e. The van der Waals surface area contributed by atoms with Crippen LogP contribution in [0.4, 0.5) is 17.2 Å². The number of imidazole rings is 1. The maximum atomic E-state index is 13.1. The summed E-state index contributed by atoms with van der Waals surface area (Å²) in [6.45, 7) is 1.76. The van der Waals surface area contributed by atoms with Gasteiger partial charge in [-0.2, -0.15) is 5.10 Å². The quantitative estimate of drug-likeness (QED) is 0.321. The average molecular weight is 474 g/mol. The molecule has 0 aromatic carbocycles. The molecule has 5 aromatic rings. The third-order valence-electron chi connectivity index (χ3n) is 5.30. The number of nitrogens with zero attached hydrogens (tertiary/aromatic N) is 7. The largest absolute Gasteiger partial charge is 0.447 e. The van der Waals surface area contributed by atoms with Crippen molar-refractivity contribution in [3.05, 3.63) is 77.3 Å². The number of anilines is 3. The van der Waals surface area contributed by atoms with Crippen LogP contribution in [0, 0.1) is 0 Å². The van der Waals surface area contributed by atoms with Crippen molar-refractivity contribution in [2.75, 3.05) is 17.7 Å². The lowest BCUT2D eigenvalue weighted by Gasteiger charge is -2.12. The van der Waals surface area contributed by atoms with Crippen LogP contribution < -0.4 is 21.5 Å². The molecule has 5 heterocycles. The van der Waals surface area contributed by atoms with Crippen LogP contribution >= 0.6 is 0 Å². The molecule has 1 amide bonds. The number of pyridine rings is 1. The lowest BCUT2D eigenvalue weighted by Crippen LogP contribution is -2.28. The molecule has 1 atom stereocenters. The molecule has 0 fully saturated rings. The van der Waals surface area contributed by atoms with Crippen molar-refractivity contribution in [2.45, 2.75) is 13.0 Å². The standard InChI is InChI=1S/C22H22N10O3/c1-13(21-24-7-10-35-21)26-20(33)16-12-25-19-15(23-2)11-17(28-32(16)19)27-14-5-4-8-31(22(14)34)18-6-9-30(3)29-18/h4-13,23H,1-3H3,(H,26,33)(H,27,28)/t13-/m1/s1. The van der Waals surface area contributed by atoms with E-state index in [4.69, 9.17) is 4.42 Å². The molecule has 13 heteroatoms. The molecule has 0 aliphatic rings. The number of fused-ring (bicyclic) bond motifs is 1. The van der Waals surface area contributed by atoms with Crippen LogP contribution in [-0.2, 0) is 7.05 Å². The highest BCUT2D eigenvalue weighted by molar-refractivity contribution is 5.94. The Bertz CT molecular complexity index is 1560. The summed E-state index contributed by atoms with van der Waals surface area (Å²) in [5, 5.41) is 17.7. The summed E-state index contributed by atoms with van der Waals surface area (Å²) in [7, 11) is 3.51.